The van der Waals surface area contributed by atoms with E-state index in [1.807, 2.05) is 7.05 Å². The summed E-state index contributed by atoms with van der Waals surface area (Å²) in [5, 5.41) is 3.05. The van der Waals surface area contributed by atoms with E-state index in [4.69, 9.17) is 0 Å². The first kappa shape index (κ1) is 16.4. The highest BCUT2D eigenvalue weighted by Crippen LogP contribution is 2.30. The van der Waals surface area contributed by atoms with Gasteiger partial charge >= 0.3 is 0 Å². The number of carbonyl (C=O) groups excluding carboxylic acids is 2. The average molecular weight is 275 g/mol. The van der Waals surface area contributed by atoms with Crippen LogP contribution in [-0.4, -0.2) is 19.6 Å². The van der Waals surface area contributed by atoms with Crippen LogP contribution in [0.4, 0.5) is 5.69 Å². The summed E-state index contributed by atoms with van der Waals surface area (Å²) in [6.45, 7) is 4.22. The molecule has 1 aliphatic carbocycles. The summed E-state index contributed by atoms with van der Waals surface area (Å²) in [5.74, 6) is 0.612. The Balaban J connectivity index is 0.000000204. The molecule has 0 saturated heterocycles. The van der Waals surface area contributed by atoms with Gasteiger partial charge in [0.05, 0.1) is 0 Å². The van der Waals surface area contributed by atoms with E-state index < -0.39 is 0 Å². The number of anilines is 1. The van der Waals surface area contributed by atoms with Gasteiger partial charge in [0.25, 0.3) is 0 Å². The van der Waals surface area contributed by atoms with Gasteiger partial charge in [-0.1, -0.05) is 24.6 Å². The molecule has 0 spiro atoms. The monoisotopic (exact) mass is 275 g/mol. The van der Waals surface area contributed by atoms with Crippen LogP contribution in [0.3, 0.4) is 0 Å². The molecule has 0 bridgehead atoms. The predicted molar refractivity (Wildman–Crippen MR) is 82.8 cm³/mol. The molecule has 0 aromatic heterocycles. The Morgan fingerprint density at radius 2 is 1.65 bits per heavy atom. The molecule has 2 rings (SSSR count). The molecule has 3 atom stereocenters. The van der Waals surface area contributed by atoms with Gasteiger partial charge in [-0.3, -0.25) is 0 Å². The molecular formula is C17H25NO2. The average Bonchev–Trinajstić information content (AvgIpc) is 2.48. The highest BCUT2D eigenvalue weighted by molar-refractivity contribution is 5.65. The lowest BCUT2D eigenvalue weighted by Gasteiger charge is -2.27. The SMILES string of the molecule is CC1CCC(C=O)C(C=O)C1.CNc1ccc(C)cc1. The van der Waals surface area contributed by atoms with E-state index in [1.165, 1.54) is 11.3 Å². The van der Waals surface area contributed by atoms with Crippen molar-refractivity contribution in [1.29, 1.82) is 0 Å². The van der Waals surface area contributed by atoms with Crippen molar-refractivity contribution in [2.24, 2.45) is 17.8 Å². The van der Waals surface area contributed by atoms with Crippen molar-refractivity contribution in [3.8, 4) is 0 Å². The molecule has 0 aliphatic heterocycles. The second-order valence-electron chi connectivity index (χ2n) is 5.63. The van der Waals surface area contributed by atoms with Crippen LogP contribution in [-0.2, 0) is 9.59 Å². The molecule has 1 aromatic rings. The quantitative estimate of drug-likeness (QED) is 0.859. The molecule has 1 N–H and O–H groups in total. The summed E-state index contributed by atoms with van der Waals surface area (Å²) in [4.78, 5) is 21.0. The smallest absolute Gasteiger partial charge is 0.123 e. The molecule has 1 saturated carbocycles. The molecule has 0 amide bonds. The summed E-state index contributed by atoms with van der Waals surface area (Å²) in [7, 11) is 1.92. The lowest BCUT2D eigenvalue weighted by atomic mass is 9.76. The molecule has 3 heteroatoms. The third-order valence-electron chi connectivity index (χ3n) is 3.91. The minimum Gasteiger partial charge on any atom is -0.388 e. The number of aldehydes is 2. The van der Waals surface area contributed by atoms with Crippen molar-refractivity contribution >= 4 is 18.3 Å². The topological polar surface area (TPSA) is 46.2 Å². The standard InChI is InChI=1S/C9H14O2.C8H11N/c1-7-2-3-8(5-10)9(4-7)6-11;1-7-3-5-8(9-2)6-4-7/h5-9H,2-4H2,1H3;3-6,9H,1-2H3. The van der Waals surface area contributed by atoms with E-state index in [2.05, 4.69) is 43.4 Å². The molecule has 0 heterocycles. The van der Waals surface area contributed by atoms with Crippen LogP contribution < -0.4 is 5.32 Å². The Morgan fingerprint density at radius 1 is 1.05 bits per heavy atom. The first-order chi connectivity index (χ1) is 9.60. The molecule has 0 radical (unpaired) electrons. The first-order valence-electron chi connectivity index (χ1n) is 7.25. The van der Waals surface area contributed by atoms with Crippen molar-refractivity contribution in [3.05, 3.63) is 29.8 Å². The van der Waals surface area contributed by atoms with E-state index in [9.17, 15) is 9.59 Å². The fourth-order valence-corrected chi connectivity index (χ4v) is 2.49. The van der Waals surface area contributed by atoms with Crippen LogP contribution in [0.25, 0.3) is 0 Å². The lowest BCUT2D eigenvalue weighted by Crippen LogP contribution is -2.25. The highest BCUT2D eigenvalue weighted by atomic mass is 16.1. The van der Waals surface area contributed by atoms with Crippen molar-refractivity contribution in [2.75, 3.05) is 12.4 Å². The fourth-order valence-electron chi connectivity index (χ4n) is 2.49. The van der Waals surface area contributed by atoms with Gasteiger partial charge in [0, 0.05) is 24.6 Å². The largest absolute Gasteiger partial charge is 0.388 e. The summed E-state index contributed by atoms with van der Waals surface area (Å²) in [5.41, 5.74) is 2.47. The molecular weight excluding hydrogens is 250 g/mol. The molecule has 1 aliphatic rings. The molecule has 20 heavy (non-hydrogen) atoms. The molecule has 1 fully saturated rings. The number of benzene rings is 1. The van der Waals surface area contributed by atoms with E-state index in [0.717, 1.165) is 31.8 Å². The van der Waals surface area contributed by atoms with Gasteiger partial charge in [-0.2, -0.15) is 0 Å². The van der Waals surface area contributed by atoms with Gasteiger partial charge in [0.1, 0.15) is 12.6 Å². The zero-order valence-electron chi connectivity index (χ0n) is 12.6. The van der Waals surface area contributed by atoms with E-state index in [-0.39, 0.29) is 11.8 Å². The van der Waals surface area contributed by atoms with E-state index in [1.54, 1.807) is 0 Å². The minimum atomic E-state index is -0.00347. The predicted octanol–water partition coefficient (Wildman–Crippen LogP) is 3.47. The minimum absolute atomic E-state index is 0.00343. The van der Waals surface area contributed by atoms with Crippen molar-refractivity contribution in [3.63, 3.8) is 0 Å². The summed E-state index contributed by atoms with van der Waals surface area (Å²) in [6, 6.07) is 8.31. The van der Waals surface area contributed by atoms with Gasteiger partial charge in [0.2, 0.25) is 0 Å². The number of hydrogen-bond donors (Lipinski definition) is 1. The van der Waals surface area contributed by atoms with Gasteiger partial charge in [-0.15, -0.1) is 0 Å². The van der Waals surface area contributed by atoms with Crippen LogP contribution in [0, 0.1) is 24.7 Å². The zero-order chi connectivity index (χ0) is 15.0. The Labute approximate surface area is 121 Å². The second kappa shape index (κ2) is 8.51. The van der Waals surface area contributed by atoms with Crippen LogP contribution in [0.1, 0.15) is 31.7 Å². The molecule has 3 unspecified atom stereocenters. The second-order valence-corrected chi connectivity index (χ2v) is 5.63. The van der Waals surface area contributed by atoms with Gasteiger partial charge in [-0.25, -0.2) is 0 Å². The van der Waals surface area contributed by atoms with Gasteiger partial charge in [0.15, 0.2) is 0 Å². The molecule has 110 valence electrons. The third kappa shape index (κ3) is 5.16. The van der Waals surface area contributed by atoms with Crippen LogP contribution in [0.15, 0.2) is 24.3 Å². The maximum Gasteiger partial charge on any atom is 0.123 e. The Morgan fingerprint density at radius 3 is 2.15 bits per heavy atom. The number of hydrogen-bond acceptors (Lipinski definition) is 3. The molecule has 3 nitrogen and oxygen atoms in total. The van der Waals surface area contributed by atoms with Gasteiger partial charge < -0.3 is 14.9 Å². The summed E-state index contributed by atoms with van der Waals surface area (Å²) in [6.07, 6.45) is 4.76. The fraction of sp³-hybridized carbons (Fsp3) is 0.529. The van der Waals surface area contributed by atoms with Crippen LogP contribution in [0.2, 0.25) is 0 Å². The van der Waals surface area contributed by atoms with Crippen molar-refractivity contribution in [1.82, 2.24) is 0 Å². The number of carbonyl (C=O) groups is 2. The van der Waals surface area contributed by atoms with Crippen LogP contribution in [0.5, 0.6) is 0 Å². The highest BCUT2D eigenvalue weighted by Gasteiger charge is 2.27. The van der Waals surface area contributed by atoms with Crippen molar-refractivity contribution in [2.45, 2.75) is 33.1 Å². The Kier molecular flexibility index (Phi) is 6.99. The first-order valence-corrected chi connectivity index (χ1v) is 7.25. The van der Waals surface area contributed by atoms with E-state index in [0.29, 0.717) is 5.92 Å². The van der Waals surface area contributed by atoms with Gasteiger partial charge in [-0.05, 0) is 44.2 Å². The number of rotatable bonds is 3. The molecule has 1 aromatic carbocycles. The number of nitrogens with one attached hydrogen (secondary N) is 1. The lowest BCUT2D eigenvalue weighted by molar-refractivity contribution is -0.121. The maximum atomic E-state index is 10.5. The number of aryl methyl sites for hydroxylation is 1. The summed E-state index contributed by atoms with van der Waals surface area (Å²) >= 11 is 0. The summed E-state index contributed by atoms with van der Waals surface area (Å²) < 4.78 is 0. The Hall–Kier alpha value is -1.64. The normalized spacial score (nSPS) is 25.1. The Bertz CT molecular complexity index is 414. The zero-order valence-corrected chi connectivity index (χ0v) is 12.6. The van der Waals surface area contributed by atoms with Crippen molar-refractivity contribution < 1.29 is 9.59 Å². The maximum absolute atomic E-state index is 10.5. The van der Waals surface area contributed by atoms with E-state index >= 15 is 0 Å². The third-order valence-corrected chi connectivity index (χ3v) is 3.91. The van der Waals surface area contributed by atoms with Crippen LogP contribution >= 0.6 is 0 Å².